The summed E-state index contributed by atoms with van der Waals surface area (Å²) in [5.41, 5.74) is 7.37. The lowest BCUT2D eigenvalue weighted by Crippen LogP contribution is -2.19. The number of pyridine rings is 1. The van der Waals surface area contributed by atoms with Crippen LogP contribution in [0.2, 0.25) is 0 Å². The van der Waals surface area contributed by atoms with Crippen LogP contribution in [0.3, 0.4) is 0 Å². The third-order valence-corrected chi connectivity index (χ3v) is 8.90. The second kappa shape index (κ2) is 11.2. The van der Waals surface area contributed by atoms with Crippen LogP contribution < -0.4 is 5.32 Å². The molecule has 6 rings (SSSR count). The monoisotopic (exact) mass is 600 g/mol. The van der Waals surface area contributed by atoms with Crippen LogP contribution in [0.15, 0.2) is 41.3 Å². The fourth-order valence-electron chi connectivity index (χ4n) is 5.69. The first kappa shape index (κ1) is 28.9. The van der Waals surface area contributed by atoms with Gasteiger partial charge in [-0.3, -0.25) is 9.25 Å². The highest BCUT2D eigenvalue weighted by Crippen LogP contribution is 2.35. The van der Waals surface area contributed by atoms with Gasteiger partial charge in [-0.15, -0.1) is 0 Å². The molecule has 12 heteroatoms. The third kappa shape index (κ3) is 5.89. The normalized spacial score (nSPS) is 15.7. The number of imidazole rings is 1. The van der Waals surface area contributed by atoms with Crippen LogP contribution in [0.25, 0.3) is 22.4 Å². The molecule has 43 heavy (non-hydrogen) atoms. The van der Waals surface area contributed by atoms with Crippen LogP contribution in [-0.2, 0) is 28.0 Å². The van der Waals surface area contributed by atoms with E-state index in [0.29, 0.717) is 47.1 Å². The van der Waals surface area contributed by atoms with E-state index in [1.165, 1.54) is 6.26 Å². The van der Waals surface area contributed by atoms with E-state index < -0.39 is 9.84 Å². The Labute approximate surface area is 251 Å². The van der Waals surface area contributed by atoms with Gasteiger partial charge in [-0.25, -0.2) is 28.4 Å². The van der Waals surface area contributed by atoms with E-state index in [2.05, 4.69) is 25.0 Å². The number of nitrogens with zero attached hydrogens (tertiary/aromatic N) is 7. The van der Waals surface area contributed by atoms with Crippen molar-refractivity contribution in [1.82, 2.24) is 34.3 Å². The molecule has 0 radical (unpaired) electrons. The average molecular weight is 601 g/mol. The van der Waals surface area contributed by atoms with Gasteiger partial charge in [0.2, 0.25) is 0 Å². The van der Waals surface area contributed by atoms with Crippen molar-refractivity contribution in [1.29, 1.82) is 0 Å². The number of aryl methyl sites for hydroxylation is 5. The Bertz CT molecular complexity index is 1920. The van der Waals surface area contributed by atoms with Crippen LogP contribution in [0.4, 0.5) is 11.4 Å². The van der Waals surface area contributed by atoms with E-state index in [1.54, 1.807) is 16.8 Å². The molecule has 0 amide bonds. The van der Waals surface area contributed by atoms with Gasteiger partial charge in [-0.05, 0) is 77.3 Å². The number of fused-ring (bicyclic) bond motifs is 1. The first-order valence-electron chi connectivity index (χ1n) is 14.4. The topological polar surface area (TPSA) is 130 Å². The summed E-state index contributed by atoms with van der Waals surface area (Å²) in [5.74, 6) is 1.49. The van der Waals surface area contributed by atoms with E-state index in [4.69, 9.17) is 14.7 Å². The zero-order valence-corrected chi connectivity index (χ0v) is 26.2. The second-order valence-electron chi connectivity index (χ2n) is 11.3. The molecule has 1 unspecified atom stereocenters. The van der Waals surface area contributed by atoms with E-state index in [9.17, 15) is 8.42 Å². The standard InChI is InChI=1S/C31H36N8O3S/c1-18-13-23(33-20(3)32-18)16-24-17-27(30-31(35-24)39(21(4)34-30)29-9-7-8-12-42-29)36-25-11-10-22(15-28(25)43(6,40)41)26-14-19(2)38(5)37-26/h10-11,13-15,17,29H,7-9,12,16H2,1-6H3,(H,35,36). The van der Waals surface area contributed by atoms with Crippen molar-refractivity contribution in [3.63, 3.8) is 0 Å². The number of hydrogen-bond donors (Lipinski definition) is 1. The van der Waals surface area contributed by atoms with E-state index >= 15 is 0 Å². The lowest BCUT2D eigenvalue weighted by Gasteiger charge is -2.25. The Hall–Kier alpha value is -4.16. The highest BCUT2D eigenvalue weighted by molar-refractivity contribution is 7.90. The fourth-order valence-corrected chi connectivity index (χ4v) is 6.55. The lowest BCUT2D eigenvalue weighted by molar-refractivity contribution is -0.0309. The van der Waals surface area contributed by atoms with Gasteiger partial charge in [0, 0.05) is 43.3 Å². The van der Waals surface area contributed by atoms with Crippen molar-refractivity contribution in [2.45, 2.75) is 64.5 Å². The molecule has 5 heterocycles. The molecule has 1 fully saturated rings. The van der Waals surface area contributed by atoms with Gasteiger partial charge in [0.1, 0.15) is 23.4 Å². The molecule has 5 aromatic rings. The summed E-state index contributed by atoms with van der Waals surface area (Å²) in [6.07, 6.45) is 4.49. The third-order valence-electron chi connectivity index (χ3n) is 7.76. The maximum Gasteiger partial charge on any atom is 0.177 e. The molecule has 1 N–H and O–H groups in total. The maximum absolute atomic E-state index is 13.1. The zero-order valence-electron chi connectivity index (χ0n) is 25.3. The summed E-state index contributed by atoms with van der Waals surface area (Å²) in [5, 5.41) is 7.95. The Morgan fingerprint density at radius 1 is 0.953 bits per heavy atom. The molecule has 224 valence electrons. The maximum atomic E-state index is 13.1. The average Bonchev–Trinajstić information content (AvgIpc) is 3.46. The molecule has 4 aromatic heterocycles. The number of rotatable bonds is 7. The molecule has 0 aliphatic carbocycles. The van der Waals surface area contributed by atoms with Gasteiger partial charge in [0.05, 0.1) is 33.4 Å². The minimum absolute atomic E-state index is 0.161. The van der Waals surface area contributed by atoms with Crippen LogP contribution in [-0.4, -0.2) is 55.6 Å². The van der Waals surface area contributed by atoms with Crippen molar-refractivity contribution in [3.8, 4) is 11.3 Å². The minimum Gasteiger partial charge on any atom is -0.358 e. The van der Waals surface area contributed by atoms with Gasteiger partial charge in [0.25, 0.3) is 0 Å². The molecule has 0 saturated carbocycles. The first-order chi connectivity index (χ1) is 20.5. The van der Waals surface area contributed by atoms with Crippen LogP contribution in [0.5, 0.6) is 0 Å². The lowest BCUT2D eigenvalue weighted by atomic mass is 10.1. The quantitative estimate of drug-likeness (QED) is 0.265. The Morgan fingerprint density at radius 3 is 2.42 bits per heavy atom. The minimum atomic E-state index is -3.60. The van der Waals surface area contributed by atoms with E-state index in [-0.39, 0.29) is 11.1 Å². The van der Waals surface area contributed by atoms with Gasteiger partial charge in [0.15, 0.2) is 15.5 Å². The Kier molecular flexibility index (Phi) is 7.51. The van der Waals surface area contributed by atoms with Crippen molar-refractivity contribution >= 4 is 32.4 Å². The number of benzene rings is 1. The number of ether oxygens (including phenoxy) is 1. The summed E-state index contributed by atoms with van der Waals surface area (Å²) in [6.45, 7) is 8.42. The molecule has 1 aliphatic rings. The molecule has 1 aromatic carbocycles. The zero-order chi connectivity index (χ0) is 30.5. The molecule has 0 bridgehead atoms. The molecule has 0 spiro atoms. The predicted molar refractivity (Wildman–Crippen MR) is 165 cm³/mol. The van der Waals surface area contributed by atoms with E-state index in [1.807, 2.05) is 59.0 Å². The van der Waals surface area contributed by atoms with Crippen LogP contribution >= 0.6 is 0 Å². The highest BCUT2D eigenvalue weighted by atomic mass is 32.2. The van der Waals surface area contributed by atoms with Gasteiger partial charge in [-0.1, -0.05) is 6.07 Å². The highest BCUT2D eigenvalue weighted by Gasteiger charge is 2.25. The van der Waals surface area contributed by atoms with E-state index in [0.717, 1.165) is 53.4 Å². The SMILES string of the molecule is Cc1cc(Cc2cc(Nc3ccc(-c4cc(C)n(C)n4)cc3S(C)(=O)=O)c3nc(C)n(C4CCCCO4)c3n2)nc(C)n1. The summed E-state index contributed by atoms with van der Waals surface area (Å²) >= 11 is 0. The fraction of sp³-hybridized carbons (Fsp3) is 0.387. The van der Waals surface area contributed by atoms with Gasteiger partial charge in [-0.2, -0.15) is 5.10 Å². The Balaban J connectivity index is 1.49. The molecule has 1 saturated heterocycles. The molecular weight excluding hydrogens is 564 g/mol. The molecule has 1 atom stereocenters. The van der Waals surface area contributed by atoms with Crippen LogP contribution in [0, 0.1) is 27.7 Å². The number of sulfone groups is 1. The summed E-state index contributed by atoms with van der Waals surface area (Å²) in [4.78, 5) is 19.2. The number of hydrogen-bond acceptors (Lipinski definition) is 9. The van der Waals surface area contributed by atoms with Crippen molar-refractivity contribution in [3.05, 3.63) is 70.8 Å². The summed E-state index contributed by atoms with van der Waals surface area (Å²) < 4.78 is 36.1. The van der Waals surface area contributed by atoms with Crippen molar-refractivity contribution in [2.75, 3.05) is 18.2 Å². The molecule has 11 nitrogen and oxygen atoms in total. The summed E-state index contributed by atoms with van der Waals surface area (Å²) in [7, 11) is -1.74. The summed E-state index contributed by atoms with van der Waals surface area (Å²) in [6, 6.07) is 11.2. The number of nitrogens with one attached hydrogen (secondary N) is 1. The number of aromatic nitrogens is 7. The predicted octanol–water partition coefficient (Wildman–Crippen LogP) is 5.29. The smallest absolute Gasteiger partial charge is 0.177 e. The first-order valence-corrected chi connectivity index (χ1v) is 16.3. The van der Waals surface area contributed by atoms with Gasteiger partial charge >= 0.3 is 0 Å². The second-order valence-corrected chi connectivity index (χ2v) is 13.3. The van der Waals surface area contributed by atoms with Crippen LogP contribution in [0.1, 0.15) is 59.9 Å². The van der Waals surface area contributed by atoms with Crippen molar-refractivity contribution in [2.24, 2.45) is 7.05 Å². The molecular formula is C31H36N8O3S. The van der Waals surface area contributed by atoms with Gasteiger partial charge < -0.3 is 10.1 Å². The number of anilines is 2. The largest absolute Gasteiger partial charge is 0.358 e. The van der Waals surface area contributed by atoms with Crippen molar-refractivity contribution < 1.29 is 13.2 Å². The Morgan fingerprint density at radius 2 is 1.74 bits per heavy atom. The molecule has 1 aliphatic heterocycles.